The third-order valence-electron chi connectivity index (χ3n) is 8.27. The molecule has 0 atom stereocenters. The SMILES string of the molecule is CCCCC(=O)NN1C(=O)c2ccccc2C12c1ccc(N(CC)CC)cc1Oc1cc(N(CC)CC)ccc12. The highest BCUT2D eigenvalue weighted by molar-refractivity contribution is 6.03. The maximum Gasteiger partial charge on any atom is 0.274 e. The van der Waals surface area contributed by atoms with E-state index in [-0.39, 0.29) is 11.8 Å². The molecule has 0 saturated heterocycles. The number of unbranched alkanes of at least 4 members (excludes halogenated alkanes) is 1. The summed E-state index contributed by atoms with van der Waals surface area (Å²) in [7, 11) is 0. The number of amides is 2. The smallest absolute Gasteiger partial charge is 0.274 e. The summed E-state index contributed by atoms with van der Waals surface area (Å²) in [5.74, 6) is 0.980. The van der Waals surface area contributed by atoms with Crippen LogP contribution in [0.15, 0.2) is 60.7 Å². The average Bonchev–Trinajstić information content (AvgIpc) is 3.21. The molecule has 7 heteroatoms. The Hall–Kier alpha value is -4.00. The fraction of sp³-hybridized carbons (Fsp3) is 0.394. The molecule has 0 aliphatic carbocycles. The molecule has 7 nitrogen and oxygen atoms in total. The summed E-state index contributed by atoms with van der Waals surface area (Å²) < 4.78 is 6.69. The molecule has 40 heavy (non-hydrogen) atoms. The average molecular weight is 541 g/mol. The number of nitrogens with zero attached hydrogens (tertiary/aromatic N) is 3. The van der Waals surface area contributed by atoms with Gasteiger partial charge in [-0.05, 0) is 52.3 Å². The maximum absolute atomic E-state index is 14.1. The standard InChI is InChI=1S/C33H40N4O3/c1-6-11-16-31(38)34-37-32(39)25-14-12-13-15-26(25)33(37)27-19-17-23(35(7-2)8-3)21-29(27)40-30-22-24(18-20-28(30)33)36(9-4)10-5/h12-15,17-22H,6-11,16H2,1-5H3,(H,34,38). The second kappa shape index (κ2) is 11.2. The summed E-state index contributed by atoms with van der Waals surface area (Å²) >= 11 is 0. The molecular formula is C33H40N4O3. The lowest BCUT2D eigenvalue weighted by atomic mass is 9.75. The largest absolute Gasteiger partial charge is 0.456 e. The number of ether oxygens (including phenoxy) is 1. The Balaban J connectivity index is 1.79. The van der Waals surface area contributed by atoms with Crippen molar-refractivity contribution in [2.45, 2.75) is 59.4 Å². The summed E-state index contributed by atoms with van der Waals surface area (Å²) in [6.45, 7) is 14.1. The van der Waals surface area contributed by atoms with Gasteiger partial charge in [0.15, 0.2) is 0 Å². The molecule has 3 aromatic rings. The van der Waals surface area contributed by atoms with Gasteiger partial charge >= 0.3 is 0 Å². The summed E-state index contributed by atoms with van der Waals surface area (Å²) in [6, 6.07) is 20.1. The zero-order valence-corrected chi connectivity index (χ0v) is 24.3. The normalized spacial score (nSPS) is 14.3. The van der Waals surface area contributed by atoms with Crippen LogP contribution in [0.5, 0.6) is 11.5 Å². The van der Waals surface area contributed by atoms with Gasteiger partial charge in [-0.3, -0.25) is 15.0 Å². The van der Waals surface area contributed by atoms with Crippen LogP contribution in [0.4, 0.5) is 11.4 Å². The summed E-state index contributed by atoms with van der Waals surface area (Å²) in [4.78, 5) is 31.8. The van der Waals surface area contributed by atoms with Crippen LogP contribution in [0.2, 0.25) is 0 Å². The van der Waals surface area contributed by atoms with E-state index in [4.69, 9.17) is 4.74 Å². The topological polar surface area (TPSA) is 65.1 Å². The number of rotatable bonds is 10. The molecule has 0 aromatic heterocycles. The molecule has 2 aliphatic heterocycles. The van der Waals surface area contributed by atoms with Gasteiger partial charge in [0.25, 0.3) is 5.91 Å². The molecule has 2 aliphatic rings. The minimum absolute atomic E-state index is 0.170. The Morgan fingerprint density at radius 1 is 0.800 bits per heavy atom. The van der Waals surface area contributed by atoms with Crippen LogP contribution in [0.3, 0.4) is 0 Å². The van der Waals surface area contributed by atoms with E-state index >= 15 is 0 Å². The minimum Gasteiger partial charge on any atom is -0.456 e. The van der Waals surface area contributed by atoms with Crippen molar-refractivity contribution < 1.29 is 14.3 Å². The first-order valence-corrected chi connectivity index (χ1v) is 14.6. The molecule has 0 unspecified atom stereocenters. The van der Waals surface area contributed by atoms with Gasteiger partial charge in [-0.25, -0.2) is 5.01 Å². The molecule has 2 heterocycles. The molecule has 0 bridgehead atoms. The Labute approximate surface area is 237 Å². The van der Waals surface area contributed by atoms with Crippen LogP contribution in [-0.4, -0.2) is 43.0 Å². The van der Waals surface area contributed by atoms with Gasteiger partial charge in [-0.15, -0.1) is 0 Å². The van der Waals surface area contributed by atoms with Crippen LogP contribution in [0.25, 0.3) is 0 Å². The van der Waals surface area contributed by atoms with Crippen molar-refractivity contribution in [3.8, 4) is 11.5 Å². The Morgan fingerprint density at radius 2 is 1.35 bits per heavy atom. The van der Waals surface area contributed by atoms with Crippen LogP contribution in [0.1, 0.15) is 80.9 Å². The van der Waals surface area contributed by atoms with E-state index in [2.05, 4.69) is 86.2 Å². The molecule has 1 spiro atoms. The van der Waals surface area contributed by atoms with E-state index in [1.807, 2.05) is 24.3 Å². The third kappa shape index (κ3) is 4.28. The molecule has 0 fully saturated rings. The predicted octanol–water partition coefficient (Wildman–Crippen LogP) is 6.45. The number of carbonyl (C=O) groups is 2. The highest BCUT2D eigenvalue weighted by Crippen LogP contribution is 2.57. The summed E-state index contributed by atoms with van der Waals surface area (Å²) in [5, 5.41) is 1.56. The molecular weight excluding hydrogens is 500 g/mol. The van der Waals surface area contributed by atoms with Crippen LogP contribution in [-0.2, 0) is 10.3 Å². The van der Waals surface area contributed by atoms with Gasteiger partial charge < -0.3 is 14.5 Å². The minimum atomic E-state index is -1.07. The molecule has 2 amide bonds. The van der Waals surface area contributed by atoms with Crippen molar-refractivity contribution in [2.24, 2.45) is 0 Å². The first kappa shape index (κ1) is 27.6. The maximum atomic E-state index is 14.1. The van der Waals surface area contributed by atoms with Crippen molar-refractivity contribution in [3.63, 3.8) is 0 Å². The lowest BCUT2D eigenvalue weighted by Crippen LogP contribution is -2.56. The number of anilines is 2. The second-order valence-electron chi connectivity index (χ2n) is 10.3. The van der Waals surface area contributed by atoms with Crippen LogP contribution in [0, 0.1) is 0 Å². The molecule has 5 rings (SSSR count). The number of fused-ring (bicyclic) bond motifs is 6. The lowest BCUT2D eigenvalue weighted by molar-refractivity contribution is -0.126. The van der Waals surface area contributed by atoms with Crippen molar-refractivity contribution in [3.05, 3.63) is 82.9 Å². The number of benzene rings is 3. The van der Waals surface area contributed by atoms with E-state index in [9.17, 15) is 9.59 Å². The van der Waals surface area contributed by atoms with Crippen LogP contribution < -0.4 is 20.0 Å². The second-order valence-corrected chi connectivity index (χ2v) is 10.3. The van der Waals surface area contributed by atoms with Gasteiger partial charge in [-0.1, -0.05) is 43.7 Å². The predicted molar refractivity (Wildman–Crippen MR) is 160 cm³/mol. The summed E-state index contributed by atoms with van der Waals surface area (Å²) in [5.41, 5.74) is 7.17. The number of hydrogen-bond acceptors (Lipinski definition) is 5. The fourth-order valence-electron chi connectivity index (χ4n) is 6.19. The van der Waals surface area contributed by atoms with E-state index in [0.29, 0.717) is 23.5 Å². The first-order valence-electron chi connectivity index (χ1n) is 14.6. The van der Waals surface area contributed by atoms with Crippen molar-refractivity contribution >= 4 is 23.2 Å². The van der Waals surface area contributed by atoms with Gasteiger partial charge in [-0.2, -0.15) is 0 Å². The Morgan fingerprint density at radius 3 is 1.88 bits per heavy atom. The molecule has 3 aromatic carbocycles. The first-order chi connectivity index (χ1) is 19.4. The lowest BCUT2D eigenvalue weighted by Gasteiger charge is -2.44. The molecule has 0 saturated carbocycles. The zero-order chi connectivity index (χ0) is 28.4. The van der Waals surface area contributed by atoms with Gasteiger partial charge in [0.2, 0.25) is 5.91 Å². The molecule has 210 valence electrons. The van der Waals surface area contributed by atoms with Crippen LogP contribution >= 0.6 is 0 Å². The molecule has 1 N–H and O–H groups in total. The number of hydrogen-bond donors (Lipinski definition) is 1. The molecule has 0 radical (unpaired) electrons. The Bertz CT molecular complexity index is 1350. The van der Waals surface area contributed by atoms with Crippen molar-refractivity contribution in [2.75, 3.05) is 36.0 Å². The number of carbonyl (C=O) groups excluding carboxylic acids is 2. The van der Waals surface area contributed by atoms with E-state index in [0.717, 1.165) is 67.1 Å². The number of hydrazine groups is 1. The highest BCUT2D eigenvalue weighted by atomic mass is 16.5. The quantitative estimate of drug-likeness (QED) is 0.320. The van der Waals surface area contributed by atoms with Crippen molar-refractivity contribution in [1.82, 2.24) is 10.4 Å². The Kier molecular flexibility index (Phi) is 7.74. The fourth-order valence-corrected chi connectivity index (χ4v) is 6.19. The van der Waals surface area contributed by atoms with E-state index in [1.54, 1.807) is 5.01 Å². The summed E-state index contributed by atoms with van der Waals surface area (Å²) in [6.07, 6.45) is 2.00. The number of nitrogens with one attached hydrogen (secondary N) is 1. The highest BCUT2D eigenvalue weighted by Gasteiger charge is 2.57. The van der Waals surface area contributed by atoms with Crippen molar-refractivity contribution in [1.29, 1.82) is 0 Å². The third-order valence-corrected chi connectivity index (χ3v) is 8.27. The van der Waals surface area contributed by atoms with Gasteiger partial charge in [0, 0.05) is 78.4 Å². The monoisotopic (exact) mass is 540 g/mol. The van der Waals surface area contributed by atoms with Gasteiger partial charge in [0.1, 0.15) is 17.0 Å². The van der Waals surface area contributed by atoms with E-state index < -0.39 is 5.54 Å². The van der Waals surface area contributed by atoms with Gasteiger partial charge in [0.05, 0.1) is 0 Å². The zero-order valence-electron chi connectivity index (χ0n) is 24.3. The van der Waals surface area contributed by atoms with E-state index in [1.165, 1.54) is 0 Å².